The summed E-state index contributed by atoms with van der Waals surface area (Å²) >= 11 is 0. The molecule has 0 radical (unpaired) electrons. The van der Waals surface area contributed by atoms with Crippen LogP contribution in [-0.4, -0.2) is 20.5 Å². The standard InChI is InChI=1S/C14H24N2O2S/c1-5-14(4,6-2)16-19(17,18)13-10-8-12(9-11-13)15-7-3/h8-11,15-16H,5-7H2,1-4H3. The van der Waals surface area contributed by atoms with Crippen LogP contribution >= 0.6 is 0 Å². The zero-order chi connectivity index (χ0) is 14.5. The van der Waals surface area contributed by atoms with Crippen molar-refractivity contribution >= 4 is 15.7 Å². The average Bonchev–Trinajstić information content (AvgIpc) is 2.39. The molecule has 0 aliphatic heterocycles. The third-order valence-corrected chi connectivity index (χ3v) is 5.14. The monoisotopic (exact) mass is 284 g/mol. The summed E-state index contributed by atoms with van der Waals surface area (Å²) < 4.78 is 27.4. The smallest absolute Gasteiger partial charge is 0.241 e. The largest absolute Gasteiger partial charge is 0.385 e. The van der Waals surface area contributed by atoms with Crippen molar-refractivity contribution in [1.82, 2.24) is 4.72 Å². The minimum atomic E-state index is -3.45. The van der Waals surface area contributed by atoms with Gasteiger partial charge in [-0.25, -0.2) is 13.1 Å². The summed E-state index contributed by atoms with van der Waals surface area (Å²) in [5.74, 6) is 0. The molecule has 0 saturated carbocycles. The highest BCUT2D eigenvalue weighted by Crippen LogP contribution is 2.20. The van der Waals surface area contributed by atoms with E-state index in [0.29, 0.717) is 4.90 Å². The van der Waals surface area contributed by atoms with Gasteiger partial charge < -0.3 is 5.32 Å². The summed E-state index contributed by atoms with van der Waals surface area (Å²) in [6.07, 6.45) is 1.52. The molecule has 0 atom stereocenters. The highest BCUT2D eigenvalue weighted by Gasteiger charge is 2.27. The molecule has 0 unspecified atom stereocenters. The molecule has 0 saturated heterocycles. The predicted molar refractivity (Wildman–Crippen MR) is 79.9 cm³/mol. The molecular weight excluding hydrogens is 260 g/mol. The van der Waals surface area contributed by atoms with E-state index in [9.17, 15) is 8.42 Å². The molecule has 2 N–H and O–H groups in total. The number of hydrogen-bond donors (Lipinski definition) is 2. The van der Waals surface area contributed by atoms with E-state index in [1.54, 1.807) is 24.3 Å². The zero-order valence-corrected chi connectivity index (χ0v) is 13.0. The van der Waals surface area contributed by atoms with E-state index >= 15 is 0 Å². The summed E-state index contributed by atoms with van der Waals surface area (Å²) in [6, 6.07) is 6.83. The van der Waals surface area contributed by atoms with E-state index in [4.69, 9.17) is 0 Å². The molecule has 0 aliphatic carbocycles. The topological polar surface area (TPSA) is 58.2 Å². The molecule has 0 aromatic heterocycles. The van der Waals surface area contributed by atoms with Crippen molar-refractivity contribution in [2.45, 2.75) is 51.0 Å². The van der Waals surface area contributed by atoms with Crippen molar-refractivity contribution in [3.05, 3.63) is 24.3 Å². The number of benzene rings is 1. The number of anilines is 1. The Balaban J connectivity index is 2.94. The molecule has 0 aliphatic rings. The number of nitrogens with one attached hydrogen (secondary N) is 2. The van der Waals surface area contributed by atoms with Gasteiger partial charge in [-0.05, 0) is 51.0 Å². The average molecular weight is 284 g/mol. The Bertz CT molecular complexity index is 491. The Morgan fingerprint density at radius 3 is 2.00 bits per heavy atom. The predicted octanol–water partition coefficient (Wildman–Crippen LogP) is 2.98. The fourth-order valence-electron chi connectivity index (χ4n) is 1.73. The SMILES string of the molecule is CCNc1ccc(S(=O)(=O)NC(C)(CC)CC)cc1. The fraction of sp³-hybridized carbons (Fsp3) is 0.571. The van der Waals surface area contributed by atoms with Crippen molar-refractivity contribution in [3.63, 3.8) is 0 Å². The second-order valence-electron chi connectivity index (χ2n) is 4.93. The number of hydrogen-bond acceptors (Lipinski definition) is 3. The highest BCUT2D eigenvalue weighted by atomic mass is 32.2. The lowest BCUT2D eigenvalue weighted by molar-refractivity contribution is 0.388. The van der Waals surface area contributed by atoms with Gasteiger partial charge in [-0.2, -0.15) is 0 Å². The maximum Gasteiger partial charge on any atom is 0.241 e. The van der Waals surface area contributed by atoms with Crippen LogP contribution in [0.15, 0.2) is 29.2 Å². The van der Waals surface area contributed by atoms with Gasteiger partial charge in [-0.3, -0.25) is 0 Å². The quantitative estimate of drug-likeness (QED) is 0.809. The maximum atomic E-state index is 12.3. The van der Waals surface area contributed by atoms with Gasteiger partial charge in [-0.1, -0.05) is 13.8 Å². The first-order valence-corrected chi connectivity index (χ1v) is 8.23. The van der Waals surface area contributed by atoms with Crippen LogP contribution in [0.2, 0.25) is 0 Å². The number of sulfonamides is 1. The minimum Gasteiger partial charge on any atom is -0.385 e. The van der Waals surface area contributed by atoms with Crippen LogP contribution in [0.3, 0.4) is 0 Å². The van der Waals surface area contributed by atoms with Gasteiger partial charge in [0, 0.05) is 17.8 Å². The van der Waals surface area contributed by atoms with Crippen molar-refractivity contribution in [2.75, 3.05) is 11.9 Å². The lowest BCUT2D eigenvalue weighted by atomic mass is 9.98. The first-order chi connectivity index (χ1) is 8.87. The van der Waals surface area contributed by atoms with Crippen LogP contribution in [0.5, 0.6) is 0 Å². The van der Waals surface area contributed by atoms with Gasteiger partial charge in [0.15, 0.2) is 0 Å². The Labute approximate surface area is 116 Å². The van der Waals surface area contributed by atoms with E-state index < -0.39 is 10.0 Å². The first kappa shape index (κ1) is 16.0. The van der Waals surface area contributed by atoms with Crippen LogP contribution in [-0.2, 0) is 10.0 Å². The molecule has 19 heavy (non-hydrogen) atoms. The van der Waals surface area contributed by atoms with Gasteiger partial charge in [0.1, 0.15) is 0 Å². The molecule has 108 valence electrons. The Kier molecular flexibility index (Phi) is 5.38. The van der Waals surface area contributed by atoms with Gasteiger partial charge in [0.2, 0.25) is 10.0 Å². The molecule has 4 nitrogen and oxygen atoms in total. The van der Waals surface area contributed by atoms with E-state index in [1.165, 1.54) is 0 Å². The minimum absolute atomic E-state index is 0.308. The van der Waals surface area contributed by atoms with Crippen LogP contribution in [0.25, 0.3) is 0 Å². The maximum absolute atomic E-state index is 12.3. The van der Waals surface area contributed by atoms with Crippen LogP contribution in [0.4, 0.5) is 5.69 Å². The van der Waals surface area contributed by atoms with Gasteiger partial charge in [0.25, 0.3) is 0 Å². The van der Waals surface area contributed by atoms with Crippen LogP contribution in [0.1, 0.15) is 40.5 Å². The van der Waals surface area contributed by atoms with Gasteiger partial charge >= 0.3 is 0 Å². The summed E-state index contributed by atoms with van der Waals surface area (Å²) in [5.41, 5.74) is 0.536. The first-order valence-electron chi connectivity index (χ1n) is 6.74. The molecule has 0 bridgehead atoms. The van der Waals surface area contributed by atoms with E-state index in [1.807, 2.05) is 27.7 Å². The molecule has 5 heteroatoms. The third kappa shape index (κ3) is 4.21. The van der Waals surface area contributed by atoms with Gasteiger partial charge in [-0.15, -0.1) is 0 Å². The molecule has 0 heterocycles. The second-order valence-corrected chi connectivity index (χ2v) is 6.61. The van der Waals surface area contributed by atoms with Gasteiger partial charge in [0.05, 0.1) is 4.90 Å². The summed E-state index contributed by atoms with van der Waals surface area (Å²) in [7, 11) is -3.45. The summed E-state index contributed by atoms with van der Waals surface area (Å²) in [4.78, 5) is 0.308. The molecule has 1 aromatic rings. The summed E-state index contributed by atoms with van der Waals surface area (Å²) in [5, 5.41) is 3.14. The van der Waals surface area contributed by atoms with Crippen molar-refractivity contribution < 1.29 is 8.42 Å². The van der Waals surface area contributed by atoms with E-state index in [0.717, 1.165) is 25.1 Å². The van der Waals surface area contributed by atoms with Crippen molar-refractivity contribution in [2.24, 2.45) is 0 Å². The molecule has 1 rings (SSSR count). The normalized spacial score (nSPS) is 12.4. The van der Waals surface area contributed by atoms with E-state index in [2.05, 4.69) is 10.0 Å². The molecular formula is C14H24N2O2S. The lowest BCUT2D eigenvalue weighted by Crippen LogP contribution is -2.44. The Morgan fingerprint density at radius 1 is 1.05 bits per heavy atom. The highest BCUT2D eigenvalue weighted by molar-refractivity contribution is 7.89. The Hall–Kier alpha value is -1.07. The molecule has 0 amide bonds. The lowest BCUT2D eigenvalue weighted by Gasteiger charge is -2.27. The van der Waals surface area contributed by atoms with Crippen molar-refractivity contribution in [1.29, 1.82) is 0 Å². The molecule has 0 fully saturated rings. The Morgan fingerprint density at radius 2 is 1.58 bits per heavy atom. The number of rotatable bonds is 7. The van der Waals surface area contributed by atoms with Crippen LogP contribution < -0.4 is 10.0 Å². The van der Waals surface area contributed by atoms with E-state index in [-0.39, 0.29) is 5.54 Å². The van der Waals surface area contributed by atoms with Crippen LogP contribution in [0, 0.1) is 0 Å². The fourth-order valence-corrected chi connectivity index (χ4v) is 3.28. The third-order valence-electron chi connectivity index (χ3n) is 3.49. The molecule has 0 spiro atoms. The van der Waals surface area contributed by atoms with Crippen molar-refractivity contribution in [3.8, 4) is 0 Å². The zero-order valence-electron chi connectivity index (χ0n) is 12.2. The second kappa shape index (κ2) is 6.39. The summed E-state index contributed by atoms with van der Waals surface area (Å²) in [6.45, 7) is 8.71. The molecule has 1 aromatic carbocycles.